The lowest BCUT2D eigenvalue weighted by Crippen LogP contribution is -2.78. The third-order valence-corrected chi connectivity index (χ3v) is 9.83. The van der Waals surface area contributed by atoms with Gasteiger partial charge in [0.25, 0.3) is 5.91 Å². The van der Waals surface area contributed by atoms with Crippen LogP contribution in [-0.2, 0) is 16.6 Å². The number of ether oxygens (including phenoxy) is 1. The molecule has 7 aliphatic rings. The second-order valence-electron chi connectivity index (χ2n) is 11.6. The Kier molecular flexibility index (Phi) is 4.10. The van der Waals surface area contributed by atoms with Crippen LogP contribution in [0.15, 0.2) is 23.8 Å². The van der Waals surface area contributed by atoms with Crippen molar-refractivity contribution in [1.82, 2.24) is 9.80 Å². The molecule has 0 radical (unpaired) electrons. The van der Waals surface area contributed by atoms with Gasteiger partial charge >= 0.3 is 6.18 Å². The quantitative estimate of drug-likeness (QED) is 0.679. The monoisotopic (exact) mass is 490 g/mol. The van der Waals surface area contributed by atoms with Crippen molar-refractivity contribution in [2.75, 3.05) is 26.7 Å². The lowest BCUT2D eigenvalue weighted by atomic mass is 9.38. The minimum absolute atomic E-state index is 0.00611. The fraction of sp³-hybridized carbons (Fsp3) is 0.654. The number of halogens is 3. The van der Waals surface area contributed by atoms with E-state index in [9.17, 15) is 28.2 Å². The molecule has 35 heavy (non-hydrogen) atoms. The fourth-order valence-corrected chi connectivity index (χ4v) is 8.35. The molecule has 2 N–H and O–H groups in total. The van der Waals surface area contributed by atoms with Gasteiger partial charge < -0.3 is 19.8 Å². The first-order valence-corrected chi connectivity index (χ1v) is 12.5. The first kappa shape index (κ1) is 22.0. The first-order valence-electron chi connectivity index (χ1n) is 12.5. The number of phenolic OH excluding ortho intramolecular Hbond substituents is 1. The van der Waals surface area contributed by atoms with Crippen LogP contribution in [0, 0.1) is 11.3 Å². The lowest BCUT2D eigenvalue weighted by molar-refractivity contribution is -0.190. The number of nitrogens with zero attached hydrogens (tertiary/aromatic N) is 2. The molecule has 1 aromatic rings. The first-order chi connectivity index (χ1) is 16.5. The molecule has 2 aliphatic heterocycles. The van der Waals surface area contributed by atoms with E-state index in [1.165, 1.54) is 12.8 Å². The van der Waals surface area contributed by atoms with Crippen molar-refractivity contribution in [1.29, 1.82) is 0 Å². The van der Waals surface area contributed by atoms with Gasteiger partial charge in [-0.3, -0.25) is 9.69 Å². The highest BCUT2D eigenvalue weighted by Gasteiger charge is 2.78. The Morgan fingerprint density at radius 3 is 2.74 bits per heavy atom. The highest BCUT2D eigenvalue weighted by Crippen LogP contribution is 2.74. The zero-order valence-corrected chi connectivity index (χ0v) is 19.6. The smallest absolute Gasteiger partial charge is 0.406 e. The van der Waals surface area contributed by atoms with Gasteiger partial charge in [0.05, 0.1) is 5.41 Å². The number of likely N-dealkylation sites (N-methyl/N-ethyl adjacent to an activating group) is 1. The molecule has 1 aromatic carbocycles. The van der Waals surface area contributed by atoms with E-state index in [0.29, 0.717) is 29.4 Å². The average Bonchev–Trinajstić information content (AvgIpc) is 3.52. The number of amides is 1. The summed E-state index contributed by atoms with van der Waals surface area (Å²) in [5, 5.41) is 22.8. The molecule has 1 amide bonds. The Labute approximate surface area is 201 Å². The van der Waals surface area contributed by atoms with Gasteiger partial charge in [-0.05, 0) is 62.6 Å². The SMILES string of the molecule is CN(CC(F)(F)F)C(=O)C1=C[C@@]23CC[C@]1(O)[C@@H]1Oc4c(O)ccc5c4[C@@]12CCN(CC1CC1)[C@@H]3C5. The Morgan fingerprint density at radius 1 is 1.26 bits per heavy atom. The van der Waals surface area contributed by atoms with Crippen LogP contribution in [0.1, 0.15) is 43.2 Å². The van der Waals surface area contributed by atoms with Crippen molar-refractivity contribution >= 4 is 5.91 Å². The van der Waals surface area contributed by atoms with Crippen LogP contribution in [0.25, 0.3) is 0 Å². The standard InChI is InChI=1S/C26H29F3N2O4/c1-30(13-26(27,28)29)21(33)16-11-23-6-7-25(16,34)22-24(23)8-9-31(12-14-2-3-14)18(23)10-15-4-5-17(32)20(35-22)19(15)24/h4-5,11,14,18,22,32,34H,2-3,6-10,12-13H2,1H3/t18-,22-,23-,24+,25-/m1/s1. The van der Waals surface area contributed by atoms with Gasteiger partial charge in [-0.2, -0.15) is 13.2 Å². The Bertz CT molecular complexity index is 1180. The molecule has 2 spiro atoms. The summed E-state index contributed by atoms with van der Waals surface area (Å²) in [6.07, 6.45) is 1.22. The van der Waals surface area contributed by atoms with E-state index in [1.807, 2.05) is 12.1 Å². The zero-order valence-electron chi connectivity index (χ0n) is 19.6. The third kappa shape index (κ3) is 2.61. The number of alkyl halides is 3. The minimum Gasteiger partial charge on any atom is -0.504 e. The van der Waals surface area contributed by atoms with Crippen LogP contribution >= 0.6 is 0 Å². The number of carbonyl (C=O) groups excluding carboxylic acids is 1. The van der Waals surface area contributed by atoms with Crippen molar-refractivity contribution in [2.24, 2.45) is 11.3 Å². The van der Waals surface area contributed by atoms with E-state index in [4.69, 9.17) is 4.74 Å². The predicted octanol–water partition coefficient (Wildman–Crippen LogP) is 2.90. The van der Waals surface area contributed by atoms with Crippen molar-refractivity contribution < 1.29 is 32.9 Å². The van der Waals surface area contributed by atoms with Crippen LogP contribution in [0.5, 0.6) is 11.5 Å². The number of likely N-dealkylation sites (tertiary alicyclic amines) is 1. The summed E-state index contributed by atoms with van der Waals surface area (Å²) in [7, 11) is 1.13. The van der Waals surface area contributed by atoms with E-state index in [0.717, 1.165) is 37.7 Å². The molecular weight excluding hydrogens is 461 g/mol. The third-order valence-electron chi connectivity index (χ3n) is 9.83. The summed E-state index contributed by atoms with van der Waals surface area (Å²) in [4.78, 5) is 16.6. The van der Waals surface area contributed by atoms with E-state index in [1.54, 1.807) is 6.07 Å². The summed E-state index contributed by atoms with van der Waals surface area (Å²) >= 11 is 0. The highest BCUT2D eigenvalue weighted by atomic mass is 19.4. The number of benzene rings is 1. The fourth-order valence-electron chi connectivity index (χ4n) is 8.35. The number of rotatable bonds is 4. The summed E-state index contributed by atoms with van der Waals surface area (Å²) in [6, 6.07) is 3.64. The molecule has 5 aliphatic carbocycles. The molecule has 1 saturated heterocycles. The summed E-state index contributed by atoms with van der Waals surface area (Å²) in [6.45, 7) is 0.424. The second kappa shape index (κ2) is 6.54. The van der Waals surface area contributed by atoms with E-state index in [2.05, 4.69) is 4.90 Å². The van der Waals surface area contributed by atoms with Crippen molar-refractivity contribution in [3.63, 3.8) is 0 Å². The highest BCUT2D eigenvalue weighted by molar-refractivity contribution is 5.97. The number of piperidine rings is 1. The van der Waals surface area contributed by atoms with E-state index in [-0.39, 0.29) is 23.8 Å². The molecule has 3 fully saturated rings. The molecule has 188 valence electrons. The normalized spacial score (nSPS) is 38.6. The maximum absolute atomic E-state index is 13.4. The number of hydrogen-bond donors (Lipinski definition) is 2. The maximum Gasteiger partial charge on any atom is 0.406 e. The van der Waals surface area contributed by atoms with Gasteiger partial charge in [-0.1, -0.05) is 12.1 Å². The maximum atomic E-state index is 13.4. The Balaban J connectivity index is 1.42. The number of aliphatic hydroxyl groups is 1. The van der Waals surface area contributed by atoms with Gasteiger partial charge in [-0.25, -0.2) is 0 Å². The number of phenols is 1. The molecule has 0 unspecified atom stereocenters. The van der Waals surface area contributed by atoms with Gasteiger partial charge in [0.1, 0.15) is 18.2 Å². The molecule has 8 rings (SSSR count). The van der Waals surface area contributed by atoms with Gasteiger partial charge in [-0.15, -0.1) is 0 Å². The van der Waals surface area contributed by atoms with Crippen molar-refractivity contribution in [2.45, 2.75) is 67.9 Å². The van der Waals surface area contributed by atoms with Crippen LogP contribution in [0.4, 0.5) is 13.2 Å². The zero-order chi connectivity index (χ0) is 24.5. The van der Waals surface area contributed by atoms with E-state index < -0.39 is 41.2 Å². The van der Waals surface area contributed by atoms with Crippen molar-refractivity contribution in [3.05, 3.63) is 34.9 Å². The van der Waals surface area contributed by atoms with Crippen LogP contribution in [-0.4, -0.2) is 76.5 Å². The molecule has 0 aromatic heterocycles. The van der Waals surface area contributed by atoms with Gasteiger partial charge in [0.2, 0.25) is 0 Å². The van der Waals surface area contributed by atoms with Crippen LogP contribution in [0.3, 0.4) is 0 Å². The molecule has 9 heteroatoms. The number of fused-ring (bicyclic) bond motifs is 1. The number of aromatic hydroxyl groups is 1. The lowest BCUT2D eigenvalue weighted by Gasteiger charge is -2.70. The molecule has 2 heterocycles. The molecule has 5 atom stereocenters. The van der Waals surface area contributed by atoms with Crippen LogP contribution in [0.2, 0.25) is 0 Å². The van der Waals surface area contributed by atoms with E-state index >= 15 is 0 Å². The topological polar surface area (TPSA) is 73.2 Å². The molecule has 4 bridgehead atoms. The summed E-state index contributed by atoms with van der Waals surface area (Å²) in [5.74, 6) is 0.240. The average molecular weight is 491 g/mol. The Hall–Kier alpha value is -2.26. The van der Waals surface area contributed by atoms with Gasteiger partial charge in [0.15, 0.2) is 11.5 Å². The minimum atomic E-state index is -4.54. The number of hydrogen-bond acceptors (Lipinski definition) is 5. The second-order valence-corrected chi connectivity index (χ2v) is 11.6. The Morgan fingerprint density at radius 2 is 2.03 bits per heavy atom. The summed E-state index contributed by atoms with van der Waals surface area (Å²) < 4.78 is 45.8. The largest absolute Gasteiger partial charge is 0.504 e. The molecular formula is C26H29F3N2O4. The molecule has 6 nitrogen and oxygen atoms in total. The molecule has 2 saturated carbocycles. The number of carbonyl (C=O) groups is 1. The van der Waals surface area contributed by atoms with Crippen LogP contribution < -0.4 is 4.74 Å². The summed E-state index contributed by atoms with van der Waals surface area (Å²) in [5.41, 5.74) is -0.825. The van der Waals surface area contributed by atoms with Crippen molar-refractivity contribution in [3.8, 4) is 11.5 Å². The predicted molar refractivity (Wildman–Crippen MR) is 119 cm³/mol. The van der Waals surface area contributed by atoms with Gasteiger partial charge in [0, 0.05) is 36.2 Å².